The summed E-state index contributed by atoms with van der Waals surface area (Å²) in [5.41, 5.74) is 0. The van der Waals surface area contributed by atoms with Gasteiger partial charge in [0.2, 0.25) is 0 Å². The van der Waals surface area contributed by atoms with Gasteiger partial charge in [-0.3, -0.25) is 4.90 Å². The van der Waals surface area contributed by atoms with Gasteiger partial charge in [0.15, 0.2) is 0 Å². The third kappa shape index (κ3) is 18.6. The fourth-order valence-corrected chi connectivity index (χ4v) is 2.41. The van der Waals surface area contributed by atoms with Gasteiger partial charge in [0, 0.05) is 6.54 Å². The molecule has 4 heteroatoms. The van der Waals surface area contributed by atoms with Crippen molar-refractivity contribution in [1.82, 2.24) is 4.90 Å². The number of carboxylic acid groups (broad SMARTS) is 1. The molecule has 0 bridgehead atoms. The number of carbonyl (C=O) groups is 1. The van der Waals surface area contributed by atoms with Crippen molar-refractivity contribution in [2.75, 3.05) is 19.6 Å². The molecule has 0 rings (SSSR count). The van der Waals surface area contributed by atoms with Crippen LogP contribution in [0.25, 0.3) is 0 Å². The van der Waals surface area contributed by atoms with Gasteiger partial charge in [-0.05, 0) is 51.6 Å². The van der Waals surface area contributed by atoms with E-state index in [1.54, 1.807) is 0 Å². The van der Waals surface area contributed by atoms with Crippen molar-refractivity contribution in [2.24, 2.45) is 0 Å². The number of hydrogen-bond acceptors (Lipinski definition) is 3. The van der Waals surface area contributed by atoms with Crippen molar-refractivity contribution in [3.63, 3.8) is 0 Å². The molecule has 0 spiro atoms. The Morgan fingerprint density at radius 2 is 1.23 bits per heavy atom. The van der Waals surface area contributed by atoms with Crippen LogP contribution in [0, 0.1) is 0 Å². The van der Waals surface area contributed by atoms with Crippen LogP contribution in [-0.4, -0.2) is 30.5 Å². The molecule has 0 aromatic heterocycles. The van der Waals surface area contributed by atoms with Crippen molar-refractivity contribution >= 4 is 5.97 Å². The SMILES string of the molecule is C=CCCCCCCN(CCCCCCC=C)CC(=O)[O-].[K+]. The number of hydrogen-bond donors (Lipinski definition) is 0. The molecule has 0 radical (unpaired) electrons. The Hall–Kier alpha value is 0.546. The summed E-state index contributed by atoms with van der Waals surface area (Å²) in [5, 5.41) is 10.8. The van der Waals surface area contributed by atoms with Gasteiger partial charge in [0.05, 0.1) is 5.97 Å². The fourth-order valence-electron chi connectivity index (χ4n) is 2.41. The van der Waals surface area contributed by atoms with Crippen LogP contribution in [0.2, 0.25) is 0 Å². The van der Waals surface area contributed by atoms with Crippen LogP contribution >= 0.6 is 0 Å². The molecular formula is C18H32KNO2. The van der Waals surface area contributed by atoms with Gasteiger partial charge >= 0.3 is 51.4 Å². The standard InChI is InChI=1S/C18H33NO2.K/c1-3-5-7-9-11-13-15-19(17-18(20)21)16-14-12-10-8-6-4-2;/h3-4H,1-2,5-17H2,(H,20,21);/q;+1/p-1. The number of allylic oxidation sites excluding steroid dienone is 2. The van der Waals surface area contributed by atoms with Gasteiger partial charge in [-0.15, -0.1) is 13.2 Å². The summed E-state index contributed by atoms with van der Waals surface area (Å²) in [5.74, 6) is -0.965. The van der Waals surface area contributed by atoms with Crippen LogP contribution in [0.4, 0.5) is 0 Å². The van der Waals surface area contributed by atoms with Crippen LogP contribution in [0.15, 0.2) is 25.3 Å². The number of unbranched alkanes of at least 4 members (excludes halogenated alkanes) is 8. The van der Waals surface area contributed by atoms with Crippen LogP contribution in [-0.2, 0) is 4.79 Å². The summed E-state index contributed by atoms with van der Waals surface area (Å²) in [6.45, 7) is 9.24. The first kappa shape index (κ1) is 24.8. The maximum atomic E-state index is 10.8. The first-order valence-corrected chi connectivity index (χ1v) is 8.34. The zero-order valence-electron chi connectivity index (χ0n) is 14.5. The van der Waals surface area contributed by atoms with Gasteiger partial charge in [-0.2, -0.15) is 0 Å². The Kier molecular flexibility index (Phi) is 22.1. The second-order valence-corrected chi connectivity index (χ2v) is 5.63. The molecule has 0 amide bonds. The van der Waals surface area contributed by atoms with Gasteiger partial charge in [-0.1, -0.05) is 37.8 Å². The molecule has 22 heavy (non-hydrogen) atoms. The van der Waals surface area contributed by atoms with Gasteiger partial charge < -0.3 is 9.90 Å². The molecule has 0 aliphatic heterocycles. The van der Waals surface area contributed by atoms with Crippen LogP contribution in [0.5, 0.6) is 0 Å². The molecule has 0 saturated heterocycles. The third-order valence-corrected chi connectivity index (χ3v) is 3.62. The topological polar surface area (TPSA) is 43.4 Å². The Morgan fingerprint density at radius 3 is 1.59 bits per heavy atom. The van der Waals surface area contributed by atoms with E-state index < -0.39 is 5.97 Å². The molecule has 0 aromatic carbocycles. The minimum atomic E-state index is -0.965. The summed E-state index contributed by atoms with van der Waals surface area (Å²) in [7, 11) is 0. The van der Waals surface area contributed by atoms with Crippen molar-refractivity contribution in [3.8, 4) is 0 Å². The smallest absolute Gasteiger partial charge is 0.549 e. The molecule has 0 aliphatic carbocycles. The minimum Gasteiger partial charge on any atom is -0.549 e. The van der Waals surface area contributed by atoms with Crippen molar-refractivity contribution in [3.05, 3.63) is 25.3 Å². The van der Waals surface area contributed by atoms with Gasteiger partial charge in [0.25, 0.3) is 0 Å². The normalized spacial score (nSPS) is 10.2. The van der Waals surface area contributed by atoms with Crippen LogP contribution < -0.4 is 56.5 Å². The van der Waals surface area contributed by atoms with E-state index in [1.807, 2.05) is 17.1 Å². The maximum Gasteiger partial charge on any atom is 1.00 e. The Labute approximate surface area is 179 Å². The molecule has 0 unspecified atom stereocenters. The number of carbonyl (C=O) groups excluding carboxylic acids is 1. The molecule has 0 saturated carbocycles. The Morgan fingerprint density at radius 1 is 0.818 bits per heavy atom. The van der Waals surface area contributed by atoms with E-state index in [-0.39, 0.29) is 57.9 Å². The Bertz CT molecular complexity index is 262. The van der Waals surface area contributed by atoms with E-state index in [2.05, 4.69) is 13.2 Å². The second kappa shape index (κ2) is 19.6. The van der Waals surface area contributed by atoms with Crippen molar-refractivity contribution < 1.29 is 61.3 Å². The number of nitrogens with zero attached hydrogens (tertiary/aromatic N) is 1. The van der Waals surface area contributed by atoms with E-state index in [0.717, 1.165) is 51.6 Å². The van der Waals surface area contributed by atoms with E-state index in [0.29, 0.717) is 0 Å². The van der Waals surface area contributed by atoms with Gasteiger partial charge in [0.1, 0.15) is 0 Å². The van der Waals surface area contributed by atoms with E-state index in [4.69, 9.17) is 0 Å². The quantitative estimate of drug-likeness (QED) is 0.232. The molecule has 3 nitrogen and oxygen atoms in total. The van der Waals surface area contributed by atoms with Crippen molar-refractivity contribution in [2.45, 2.75) is 64.2 Å². The minimum absolute atomic E-state index is 0. The zero-order chi connectivity index (χ0) is 15.8. The van der Waals surface area contributed by atoms with Gasteiger partial charge in [-0.25, -0.2) is 0 Å². The van der Waals surface area contributed by atoms with Crippen LogP contribution in [0.3, 0.4) is 0 Å². The average molecular weight is 334 g/mol. The molecule has 0 atom stereocenters. The molecular weight excluding hydrogens is 301 g/mol. The molecule has 0 aromatic rings. The predicted molar refractivity (Wildman–Crippen MR) is 88.0 cm³/mol. The zero-order valence-corrected chi connectivity index (χ0v) is 17.6. The molecule has 0 N–H and O–H groups in total. The summed E-state index contributed by atoms with van der Waals surface area (Å²) < 4.78 is 0. The number of aliphatic carboxylic acids is 1. The summed E-state index contributed by atoms with van der Waals surface area (Å²) in [4.78, 5) is 12.8. The molecule has 122 valence electrons. The van der Waals surface area contributed by atoms with E-state index in [1.165, 1.54) is 25.7 Å². The molecule has 0 aliphatic rings. The number of rotatable bonds is 16. The largest absolute Gasteiger partial charge is 1.00 e. The fraction of sp³-hybridized carbons (Fsp3) is 0.722. The number of carboxylic acids is 1. The molecule has 0 fully saturated rings. The first-order chi connectivity index (χ1) is 10.2. The van der Waals surface area contributed by atoms with E-state index in [9.17, 15) is 9.90 Å². The monoisotopic (exact) mass is 333 g/mol. The predicted octanol–water partition coefficient (Wildman–Crippen LogP) is 0.315. The van der Waals surface area contributed by atoms with Crippen molar-refractivity contribution in [1.29, 1.82) is 0 Å². The van der Waals surface area contributed by atoms with E-state index >= 15 is 0 Å². The molecule has 0 heterocycles. The Balaban J connectivity index is 0. The maximum absolute atomic E-state index is 10.8. The summed E-state index contributed by atoms with van der Waals surface area (Å²) in [6, 6.07) is 0. The summed E-state index contributed by atoms with van der Waals surface area (Å²) >= 11 is 0. The summed E-state index contributed by atoms with van der Waals surface area (Å²) in [6.07, 6.45) is 15.3. The third-order valence-electron chi connectivity index (χ3n) is 3.62. The average Bonchev–Trinajstić information content (AvgIpc) is 2.45. The van der Waals surface area contributed by atoms with Crippen LogP contribution in [0.1, 0.15) is 64.2 Å². The first-order valence-electron chi connectivity index (χ1n) is 8.34. The second-order valence-electron chi connectivity index (χ2n) is 5.63.